The Morgan fingerprint density at radius 1 is 1.14 bits per heavy atom. The molecule has 0 amide bonds. The Balaban J connectivity index is 2.14. The van der Waals surface area contributed by atoms with E-state index >= 15 is 0 Å². The van der Waals surface area contributed by atoms with Crippen molar-refractivity contribution >= 4 is 34.6 Å². The number of aromatic nitrogens is 2. The highest BCUT2D eigenvalue weighted by Crippen LogP contribution is 2.40. The van der Waals surface area contributed by atoms with Gasteiger partial charge in [-0.3, -0.25) is 3.97 Å². The number of pyridine rings is 1. The number of nitrogens with zero attached hydrogens (tertiary/aromatic N) is 2. The van der Waals surface area contributed by atoms with Crippen LogP contribution in [-0.2, 0) is 6.18 Å². The molecule has 2 nitrogen and oxygen atoms in total. The Morgan fingerprint density at radius 3 is 2.45 bits per heavy atom. The van der Waals surface area contributed by atoms with Crippen LogP contribution in [0.4, 0.5) is 13.2 Å². The van der Waals surface area contributed by atoms with Crippen molar-refractivity contribution in [3.8, 4) is 0 Å². The van der Waals surface area contributed by atoms with E-state index in [0.717, 1.165) is 16.7 Å². The van der Waals surface area contributed by atoms with Crippen LogP contribution in [0.3, 0.4) is 0 Å². The molecule has 0 spiro atoms. The summed E-state index contributed by atoms with van der Waals surface area (Å²) < 4.78 is 41.0. The van der Waals surface area contributed by atoms with Gasteiger partial charge in [-0.2, -0.15) is 13.2 Å². The van der Waals surface area contributed by atoms with Crippen LogP contribution in [0.25, 0.3) is 11.0 Å². The van der Waals surface area contributed by atoms with Crippen molar-refractivity contribution in [1.82, 2.24) is 8.96 Å². The number of benzene rings is 1. The normalized spacial score (nSPS) is 12.0. The third kappa shape index (κ3) is 2.80. The molecule has 3 rings (SSSR count). The highest BCUT2D eigenvalue weighted by atomic mass is 35.5. The van der Waals surface area contributed by atoms with E-state index in [1.807, 2.05) is 31.2 Å². The molecular weight excluding hydrogens is 333 g/mol. The average molecular weight is 343 g/mol. The summed E-state index contributed by atoms with van der Waals surface area (Å²) in [5.41, 5.74) is 0.504. The minimum absolute atomic E-state index is 0.0422. The Morgan fingerprint density at radius 2 is 1.82 bits per heavy atom. The maximum Gasteiger partial charge on any atom is 0.418 e. The molecule has 3 aromatic rings. The van der Waals surface area contributed by atoms with Gasteiger partial charge < -0.3 is 0 Å². The molecule has 2 heterocycles. The van der Waals surface area contributed by atoms with E-state index in [1.54, 1.807) is 0 Å². The quantitative estimate of drug-likeness (QED) is 0.605. The van der Waals surface area contributed by atoms with Crippen LogP contribution in [0, 0.1) is 6.92 Å². The summed E-state index contributed by atoms with van der Waals surface area (Å²) in [6.07, 6.45) is -2.05. The molecule has 0 aliphatic carbocycles. The standard InChI is InChI=1S/C15H10ClF3N2S/c1-9-2-4-10(5-3-9)22-21-8-11(15(17,18)19)13-12(16)6-7-20-14(13)21/h2-8H,1H3. The summed E-state index contributed by atoms with van der Waals surface area (Å²) in [5.74, 6) is 0. The van der Waals surface area contributed by atoms with Crippen LogP contribution in [0.15, 0.2) is 47.6 Å². The van der Waals surface area contributed by atoms with Crippen LogP contribution in [0.5, 0.6) is 0 Å². The van der Waals surface area contributed by atoms with Gasteiger partial charge in [-0.25, -0.2) is 4.98 Å². The first-order chi connectivity index (χ1) is 10.4. The molecule has 22 heavy (non-hydrogen) atoms. The third-order valence-corrected chi connectivity index (χ3v) is 4.41. The number of alkyl halides is 3. The van der Waals surface area contributed by atoms with E-state index in [1.165, 1.54) is 28.2 Å². The van der Waals surface area contributed by atoms with Gasteiger partial charge in [-0.1, -0.05) is 29.3 Å². The second-order valence-corrected chi connectivity index (χ2v) is 6.22. The van der Waals surface area contributed by atoms with Gasteiger partial charge in [-0.15, -0.1) is 0 Å². The molecule has 0 bridgehead atoms. The molecule has 0 aliphatic heterocycles. The zero-order valence-electron chi connectivity index (χ0n) is 11.4. The van der Waals surface area contributed by atoms with Gasteiger partial charge in [0, 0.05) is 17.3 Å². The zero-order chi connectivity index (χ0) is 15.9. The van der Waals surface area contributed by atoms with Gasteiger partial charge in [0.15, 0.2) is 5.65 Å². The van der Waals surface area contributed by atoms with E-state index in [0.29, 0.717) is 0 Å². The van der Waals surface area contributed by atoms with Gasteiger partial charge in [0.05, 0.1) is 16.0 Å². The lowest BCUT2D eigenvalue weighted by molar-refractivity contribution is -0.136. The van der Waals surface area contributed by atoms with Crippen molar-refractivity contribution in [3.63, 3.8) is 0 Å². The van der Waals surface area contributed by atoms with Crippen molar-refractivity contribution in [2.24, 2.45) is 0 Å². The van der Waals surface area contributed by atoms with Gasteiger partial charge in [-0.05, 0) is 37.1 Å². The smallest absolute Gasteiger partial charge is 0.270 e. The van der Waals surface area contributed by atoms with Crippen LogP contribution in [0.1, 0.15) is 11.1 Å². The Labute approximate surface area is 134 Å². The minimum Gasteiger partial charge on any atom is -0.270 e. The van der Waals surface area contributed by atoms with Gasteiger partial charge in [0.2, 0.25) is 0 Å². The van der Waals surface area contributed by atoms with Crippen molar-refractivity contribution in [2.45, 2.75) is 18.0 Å². The molecular formula is C15H10ClF3N2S. The topological polar surface area (TPSA) is 17.8 Å². The molecule has 0 radical (unpaired) electrons. The van der Waals surface area contributed by atoms with Gasteiger partial charge in [0.25, 0.3) is 0 Å². The molecule has 1 aromatic carbocycles. The monoisotopic (exact) mass is 342 g/mol. The third-order valence-electron chi connectivity index (χ3n) is 3.13. The predicted octanol–water partition coefficient (Wildman–Crippen LogP) is 5.57. The molecule has 0 fully saturated rings. The SMILES string of the molecule is Cc1ccc(Sn2cc(C(F)(F)F)c3c(Cl)ccnc32)cc1. The molecule has 0 N–H and O–H groups in total. The summed E-state index contributed by atoms with van der Waals surface area (Å²) >= 11 is 7.11. The number of fused-ring (bicyclic) bond motifs is 1. The van der Waals surface area contributed by atoms with Gasteiger partial charge >= 0.3 is 6.18 Å². The maximum atomic E-state index is 13.2. The number of hydrogen-bond acceptors (Lipinski definition) is 2. The van der Waals surface area contributed by atoms with E-state index < -0.39 is 11.7 Å². The van der Waals surface area contributed by atoms with E-state index in [-0.39, 0.29) is 16.1 Å². The van der Waals surface area contributed by atoms with Crippen molar-refractivity contribution in [3.05, 3.63) is 58.9 Å². The number of hydrogen-bond donors (Lipinski definition) is 0. The summed E-state index contributed by atoms with van der Waals surface area (Å²) in [7, 11) is 0. The average Bonchev–Trinajstić information content (AvgIpc) is 2.82. The lowest BCUT2D eigenvalue weighted by atomic mass is 10.2. The fraction of sp³-hybridized carbons (Fsp3) is 0.133. The second kappa shape index (κ2) is 5.52. The molecule has 0 saturated carbocycles. The summed E-state index contributed by atoms with van der Waals surface area (Å²) in [4.78, 5) is 4.87. The predicted molar refractivity (Wildman–Crippen MR) is 82.2 cm³/mol. The molecule has 0 atom stereocenters. The van der Waals surface area contributed by atoms with E-state index in [9.17, 15) is 13.2 Å². The minimum atomic E-state index is -4.48. The fourth-order valence-electron chi connectivity index (χ4n) is 2.08. The van der Waals surface area contributed by atoms with Gasteiger partial charge in [0.1, 0.15) is 0 Å². The first kappa shape index (κ1) is 15.2. The maximum absolute atomic E-state index is 13.2. The van der Waals surface area contributed by atoms with Crippen LogP contribution < -0.4 is 0 Å². The number of aryl methyl sites for hydroxylation is 1. The molecule has 0 unspecified atom stereocenters. The van der Waals surface area contributed by atoms with E-state index in [2.05, 4.69) is 4.98 Å². The Hall–Kier alpha value is -1.66. The molecule has 7 heteroatoms. The molecule has 0 saturated heterocycles. The molecule has 0 aliphatic rings. The van der Waals surface area contributed by atoms with Crippen molar-refractivity contribution in [1.29, 1.82) is 0 Å². The van der Waals surface area contributed by atoms with E-state index in [4.69, 9.17) is 11.6 Å². The fourth-order valence-corrected chi connectivity index (χ4v) is 3.19. The Kier molecular flexibility index (Phi) is 3.82. The first-order valence-corrected chi connectivity index (χ1v) is 7.49. The number of rotatable bonds is 2. The van der Waals surface area contributed by atoms with Crippen LogP contribution in [-0.4, -0.2) is 8.96 Å². The van der Waals surface area contributed by atoms with Crippen molar-refractivity contribution < 1.29 is 13.2 Å². The second-order valence-electron chi connectivity index (χ2n) is 4.76. The highest BCUT2D eigenvalue weighted by Gasteiger charge is 2.36. The molecule has 2 aromatic heterocycles. The van der Waals surface area contributed by atoms with Crippen LogP contribution >= 0.6 is 23.5 Å². The summed E-state index contributed by atoms with van der Waals surface area (Å²) in [6, 6.07) is 8.87. The first-order valence-electron chi connectivity index (χ1n) is 6.34. The lowest BCUT2D eigenvalue weighted by Crippen LogP contribution is -2.03. The molecule has 114 valence electrons. The van der Waals surface area contributed by atoms with Crippen LogP contribution in [0.2, 0.25) is 5.02 Å². The lowest BCUT2D eigenvalue weighted by Gasteiger charge is -2.04. The number of halogens is 4. The zero-order valence-corrected chi connectivity index (χ0v) is 12.9. The summed E-state index contributed by atoms with van der Waals surface area (Å²) in [5, 5.41) is -0.0307. The van der Waals surface area contributed by atoms with Crippen molar-refractivity contribution in [2.75, 3.05) is 0 Å². The Bertz CT molecular complexity index is 825. The largest absolute Gasteiger partial charge is 0.418 e. The highest BCUT2D eigenvalue weighted by molar-refractivity contribution is 7.98. The summed E-state index contributed by atoms with van der Waals surface area (Å²) in [6.45, 7) is 1.95.